The van der Waals surface area contributed by atoms with E-state index in [1.807, 2.05) is 43.1 Å². The van der Waals surface area contributed by atoms with Crippen LogP contribution in [0.5, 0.6) is 5.75 Å². The van der Waals surface area contributed by atoms with E-state index < -0.39 is 0 Å². The van der Waals surface area contributed by atoms with Gasteiger partial charge in [-0.25, -0.2) is 0 Å². The molecule has 0 N–H and O–H groups in total. The van der Waals surface area contributed by atoms with Gasteiger partial charge in [0, 0.05) is 32.4 Å². The number of likely N-dealkylation sites (N-methyl/N-ethyl adjacent to an activating group) is 1. The standard InChI is InChI=1S/C23H31N3O3/c1-4-26(5-2)23(27)17-25-12-13-29-22(16-25)21-11-8-19(15-24-21)14-18-6-9-20(28-3)10-7-18/h6-11,15,22H,4-5,12-14,16-17H2,1-3H3/t22-/m0/s1. The summed E-state index contributed by atoms with van der Waals surface area (Å²) in [5.74, 6) is 1.04. The Morgan fingerprint density at radius 3 is 2.52 bits per heavy atom. The third kappa shape index (κ3) is 5.78. The van der Waals surface area contributed by atoms with Gasteiger partial charge in [-0.2, -0.15) is 0 Å². The third-order valence-electron chi connectivity index (χ3n) is 5.37. The fourth-order valence-electron chi connectivity index (χ4n) is 3.60. The van der Waals surface area contributed by atoms with Gasteiger partial charge in [0.15, 0.2) is 0 Å². The summed E-state index contributed by atoms with van der Waals surface area (Å²) in [4.78, 5) is 21.1. The van der Waals surface area contributed by atoms with Crippen molar-refractivity contribution in [3.8, 4) is 5.75 Å². The highest BCUT2D eigenvalue weighted by Crippen LogP contribution is 2.22. The lowest BCUT2D eigenvalue weighted by Crippen LogP contribution is -2.45. The lowest BCUT2D eigenvalue weighted by molar-refractivity contribution is -0.134. The minimum atomic E-state index is -0.0942. The summed E-state index contributed by atoms with van der Waals surface area (Å²) in [6, 6.07) is 12.2. The first-order valence-electron chi connectivity index (χ1n) is 10.3. The number of hydrogen-bond acceptors (Lipinski definition) is 5. The molecule has 1 amide bonds. The maximum atomic E-state index is 12.4. The van der Waals surface area contributed by atoms with E-state index in [-0.39, 0.29) is 12.0 Å². The smallest absolute Gasteiger partial charge is 0.236 e. The minimum absolute atomic E-state index is 0.0942. The molecule has 2 aromatic rings. The molecule has 1 aliphatic rings. The zero-order valence-electron chi connectivity index (χ0n) is 17.6. The normalized spacial score (nSPS) is 17.1. The van der Waals surface area contributed by atoms with E-state index in [9.17, 15) is 4.79 Å². The molecule has 6 nitrogen and oxygen atoms in total. The first-order valence-corrected chi connectivity index (χ1v) is 10.3. The van der Waals surface area contributed by atoms with Gasteiger partial charge in [-0.15, -0.1) is 0 Å². The Kier molecular flexibility index (Phi) is 7.61. The molecule has 156 valence electrons. The number of methoxy groups -OCH3 is 1. The number of hydrogen-bond donors (Lipinski definition) is 0. The zero-order valence-corrected chi connectivity index (χ0v) is 17.6. The quantitative estimate of drug-likeness (QED) is 0.686. The third-order valence-corrected chi connectivity index (χ3v) is 5.37. The van der Waals surface area contributed by atoms with Gasteiger partial charge in [0.2, 0.25) is 5.91 Å². The average Bonchev–Trinajstić information content (AvgIpc) is 2.76. The Bertz CT molecular complexity index is 773. The van der Waals surface area contributed by atoms with Gasteiger partial charge in [0.05, 0.1) is 26.0 Å². The van der Waals surface area contributed by atoms with Crippen LogP contribution < -0.4 is 4.74 Å². The van der Waals surface area contributed by atoms with Crippen molar-refractivity contribution >= 4 is 5.91 Å². The SMILES string of the molecule is CCN(CC)C(=O)CN1CCO[C@H](c2ccc(Cc3ccc(OC)cc3)cn2)C1. The first-order chi connectivity index (χ1) is 14.1. The van der Waals surface area contributed by atoms with Gasteiger partial charge in [0.1, 0.15) is 11.9 Å². The largest absolute Gasteiger partial charge is 0.497 e. The van der Waals surface area contributed by atoms with E-state index in [1.54, 1.807) is 7.11 Å². The predicted molar refractivity (Wildman–Crippen MR) is 113 cm³/mol. The van der Waals surface area contributed by atoms with Crippen LogP contribution >= 0.6 is 0 Å². The Balaban J connectivity index is 1.57. The average molecular weight is 398 g/mol. The van der Waals surface area contributed by atoms with Crippen LogP contribution in [-0.4, -0.2) is 67.1 Å². The molecular weight excluding hydrogens is 366 g/mol. The number of nitrogens with zero attached hydrogens (tertiary/aromatic N) is 3. The van der Waals surface area contributed by atoms with Crippen molar-refractivity contribution in [1.82, 2.24) is 14.8 Å². The van der Waals surface area contributed by atoms with E-state index in [4.69, 9.17) is 9.47 Å². The molecule has 1 aromatic heterocycles. The number of morpholine rings is 1. The summed E-state index contributed by atoms with van der Waals surface area (Å²) < 4.78 is 11.1. The summed E-state index contributed by atoms with van der Waals surface area (Å²) in [6.07, 6.45) is 2.65. The fourth-order valence-corrected chi connectivity index (χ4v) is 3.60. The molecular formula is C23H31N3O3. The second-order valence-electron chi connectivity index (χ2n) is 7.28. The summed E-state index contributed by atoms with van der Waals surface area (Å²) in [5.41, 5.74) is 3.29. The van der Waals surface area contributed by atoms with Gasteiger partial charge >= 0.3 is 0 Å². The Hall–Kier alpha value is -2.44. The summed E-state index contributed by atoms with van der Waals surface area (Å²) in [6.45, 7) is 8.06. The van der Waals surface area contributed by atoms with Gasteiger partial charge < -0.3 is 14.4 Å². The number of carbonyl (C=O) groups excluding carboxylic acids is 1. The molecule has 1 saturated heterocycles. The van der Waals surface area contributed by atoms with Gasteiger partial charge in [-0.3, -0.25) is 14.7 Å². The van der Waals surface area contributed by atoms with Crippen molar-refractivity contribution in [1.29, 1.82) is 0 Å². The molecule has 0 radical (unpaired) electrons. The zero-order chi connectivity index (χ0) is 20.6. The van der Waals surface area contributed by atoms with Crippen LogP contribution in [0.3, 0.4) is 0 Å². The van der Waals surface area contributed by atoms with Crippen LogP contribution in [0.4, 0.5) is 0 Å². The van der Waals surface area contributed by atoms with E-state index in [0.717, 1.165) is 43.1 Å². The highest BCUT2D eigenvalue weighted by molar-refractivity contribution is 5.78. The van der Waals surface area contributed by atoms with Crippen LogP contribution in [0.25, 0.3) is 0 Å². The number of pyridine rings is 1. The maximum Gasteiger partial charge on any atom is 0.236 e. The first kappa shape index (κ1) is 21.3. The topological polar surface area (TPSA) is 54.9 Å². The monoisotopic (exact) mass is 397 g/mol. The maximum absolute atomic E-state index is 12.4. The van der Waals surface area contributed by atoms with Crippen LogP contribution in [0.2, 0.25) is 0 Å². The van der Waals surface area contributed by atoms with Gasteiger partial charge in [-0.1, -0.05) is 18.2 Å². The van der Waals surface area contributed by atoms with Crippen LogP contribution in [0.15, 0.2) is 42.6 Å². The Morgan fingerprint density at radius 2 is 1.90 bits per heavy atom. The Morgan fingerprint density at radius 1 is 1.17 bits per heavy atom. The second kappa shape index (κ2) is 10.4. The molecule has 1 aliphatic heterocycles. The molecule has 0 unspecified atom stereocenters. The molecule has 3 rings (SSSR count). The highest BCUT2D eigenvalue weighted by Gasteiger charge is 2.25. The minimum Gasteiger partial charge on any atom is -0.497 e. The van der Waals surface area contributed by atoms with Crippen molar-refractivity contribution < 1.29 is 14.3 Å². The fraction of sp³-hybridized carbons (Fsp3) is 0.478. The van der Waals surface area contributed by atoms with Gasteiger partial charge in [-0.05, 0) is 49.6 Å². The molecule has 6 heteroatoms. The molecule has 0 spiro atoms. The predicted octanol–water partition coefficient (Wildman–Crippen LogP) is 2.92. The van der Waals surface area contributed by atoms with Crippen LogP contribution in [0.1, 0.15) is 36.8 Å². The number of rotatable bonds is 8. The number of benzene rings is 1. The molecule has 2 heterocycles. The molecule has 0 aliphatic carbocycles. The summed E-state index contributed by atoms with van der Waals surface area (Å²) >= 11 is 0. The number of carbonyl (C=O) groups is 1. The van der Waals surface area contributed by atoms with Crippen LogP contribution in [0, 0.1) is 0 Å². The molecule has 29 heavy (non-hydrogen) atoms. The van der Waals surface area contributed by atoms with E-state index >= 15 is 0 Å². The van der Waals surface area contributed by atoms with Crippen molar-refractivity contribution in [2.75, 3.05) is 46.4 Å². The molecule has 0 bridgehead atoms. The van der Waals surface area contributed by atoms with Crippen molar-refractivity contribution in [2.45, 2.75) is 26.4 Å². The highest BCUT2D eigenvalue weighted by atomic mass is 16.5. The van der Waals surface area contributed by atoms with Crippen molar-refractivity contribution in [3.63, 3.8) is 0 Å². The summed E-state index contributed by atoms with van der Waals surface area (Å²) in [5, 5.41) is 0. The molecule has 1 aromatic carbocycles. The number of amides is 1. The van der Waals surface area contributed by atoms with E-state index in [2.05, 4.69) is 28.1 Å². The molecule has 0 saturated carbocycles. The van der Waals surface area contributed by atoms with E-state index in [0.29, 0.717) is 19.7 Å². The Labute approximate surface area is 173 Å². The molecule has 1 fully saturated rings. The van der Waals surface area contributed by atoms with E-state index in [1.165, 1.54) is 5.56 Å². The lowest BCUT2D eigenvalue weighted by atomic mass is 10.1. The van der Waals surface area contributed by atoms with Crippen molar-refractivity contribution in [3.05, 3.63) is 59.4 Å². The number of aromatic nitrogens is 1. The van der Waals surface area contributed by atoms with Gasteiger partial charge in [0.25, 0.3) is 0 Å². The molecule has 1 atom stereocenters. The lowest BCUT2D eigenvalue weighted by Gasteiger charge is -2.33. The summed E-state index contributed by atoms with van der Waals surface area (Å²) in [7, 11) is 1.67. The number of ether oxygens (including phenoxy) is 2. The van der Waals surface area contributed by atoms with Crippen molar-refractivity contribution in [2.24, 2.45) is 0 Å². The van der Waals surface area contributed by atoms with Crippen LogP contribution in [-0.2, 0) is 16.0 Å². The second-order valence-corrected chi connectivity index (χ2v) is 7.28.